The third-order valence-electron chi connectivity index (χ3n) is 5.27. The second kappa shape index (κ2) is 9.05. The Morgan fingerprint density at radius 3 is 2.25 bits per heavy atom. The molecule has 3 aromatic rings. The van der Waals surface area contributed by atoms with Crippen molar-refractivity contribution in [3.63, 3.8) is 0 Å². The molecule has 8 nitrogen and oxygen atoms in total. The molecule has 32 heavy (non-hydrogen) atoms. The molecule has 1 aliphatic rings. The number of hydrogen-bond acceptors (Lipinski definition) is 6. The third kappa shape index (κ3) is 4.85. The van der Waals surface area contributed by atoms with Crippen LogP contribution in [0.15, 0.2) is 54.6 Å². The van der Waals surface area contributed by atoms with Gasteiger partial charge >= 0.3 is 0 Å². The lowest BCUT2D eigenvalue weighted by Crippen LogP contribution is -2.28. The Morgan fingerprint density at radius 1 is 1.00 bits per heavy atom. The summed E-state index contributed by atoms with van der Waals surface area (Å²) in [6.07, 6.45) is 0.182. The summed E-state index contributed by atoms with van der Waals surface area (Å²) >= 11 is 0. The van der Waals surface area contributed by atoms with Crippen LogP contribution < -0.4 is 20.3 Å². The molecule has 0 aliphatic carbocycles. The van der Waals surface area contributed by atoms with Crippen LogP contribution in [0.5, 0.6) is 5.75 Å². The van der Waals surface area contributed by atoms with E-state index >= 15 is 0 Å². The molecule has 0 spiro atoms. The van der Waals surface area contributed by atoms with Gasteiger partial charge in [-0.15, -0.1) is 0 Å². The average molecular weight is 431 g/mol. The van der Waals surface area contributed by atoms with Crippen LogP contribution >= 0.6 is 0 Å². The lowest BCUT2D eigenvalue weighted by molar-refractivity contribution is -0.122. The molecule has 1 aromatic heterocycles. The van der Waals surface area contributed by atoms with Crippen molar-refractivity contribution in [2.24, 2.45) is 5.92 Å². The molecule has 2 N–H and O–H groups in total. The van der Waals surface area contributed by atoms with E-state index < -0.39 is 5.92 Å². The van der Waals surface area contributed by atoms with Gasteiger partial charge in [-0.25, -0.2) is 9.97 Å². The van der Waals surface area contributed by atoms with Gasteiger partial charge in [0.25, 0.3) is 0 Å². The van der Waals surface area contributed by atoms with Gasteiger partial charge < -0.3 is 20.3 Å². The van der Waals surface area contributed by atoms with Crippen molar-refractivity contribution in [3.05, 3.63) is 66.0 Å². The standard InChI is InChI=1S/C24H25N5O3/c1-15-12-16(2)26-24(25-15)28-19-6-4-18(5-7-19)27-23(31)17-13-22(30)29(14-17)20-8-10-21(32-3)11-9-20/h4-12,17H,13-14H2,1-3H3,(H,27,31)(H,25,26,28). The average Bonchev–Trinajstić information content (AvgIpc) is 3.16. The molecule has 2 amide bonds. The van der Waals surface area contributed by atoms with E-state index in [4.69, 9.17) is 4.74 Å². The molecule has 2 heterocycles. The molecule has 1 aliphatic heterocycles. The molecule has 1 saturated heterocycles. The predicted molar refractivity (Wildman–Crippen MR) is 123 cm³/mol. The first-order chi connectivity index (χ1) is 15.4. The van der Waals surface area contributed by atoms with Crippen LogP contribution in [0.1, 0.15) is 17.8 Å². The summed E-state index contributed by atoms with van der Waals surface area (Å²) < 4.78 is 5.16. The van der Waals surface area contributed by atoms with E-state index in [1.54, 1.807) is 36.3 Å². The molecule has 164 valence electrons. The number of methoxy groups -OCH3 is 1. The van der Waals surface area contributed by atoms with Crippen LogP contribution in [0, 0.1) is 19.8 Å². The summed E-state index contributed by atoms with van der Waals surface area (Å²) in [4.78, 5) is 35.6. The Morgan fingerprint density at radius 2 is 1.62 bits per heavy atom. The topological polar surface area (TPSA) is 96.5 Å². The monoisotopic (exact) mass is 431 g/mol. The van der Waals surface area contributed by atoms with Gasteiger partial charge in [0.1, 0.15) is 5.75 Å². The minimum atomic E-state index is -0.411. The second-order valence-electron chi connectivity index (χ2n) is 7.77. The summed E-state index contributed by atoms with van der Waals surface area (Å²) in [6, 6.07) is 16.5. The Balaban J connectivity index is 1.36. The molecule has 4 rings (SSSR count). The van der Waals surface area contributed by atoms with E-state index in [9.17, 15) is 9.59 Å². The first kappa shape index (κ1) is 21.3. The Hall–Kier alpha value is -3.94. The van der Waals surface area contributed by atoms with Crippen LogP contribution in [0.2, 0.25) is 0 Å². The van der Waals surface area contributed by atoms with Crippen molar-refractivity contribution in [1.82, 2.24) is 9.97 Å². The van der Waals surface area contributed by atoms with Crippen LogP contribution in [-0.4, -0.2) is 35.4 Å². The molecule has 0 bridgehead atoms. The van der Waals surface area contributed by atoms with Crippen molar-refractivity contribution in [1.29, 1.82) is 0 Å². The number of aromatic nitrogens is 2. The summed E-state index contributed by atoms with van der Waals surface area (Å²) in [5.74, 6) is 0.598. The number of rotatable bonds is 6. The minimum absolute atomic E-state index is 0.0664. The molecule has 2 aromatic carbocycles. The van der Waals surface area contributed by atoms with Gasteiger partial charge in [0, 0.05) is 41.4 Å². The maximum absolute atomic E-state index is 12.7. The normalized spacial score (nSPS) is 15.5. The SMILES string of the molecule is COc1ccc(N2CC(C(=O)Nc3ccc(Nc4nc(C)cc(C)n4)cc3)CC2=O)cc1. The largest absolute Gasteiger partial charge is 0.497 e. The number of carbonyl (C=O) groups excluding carboxylic acids is 2. The highest BCUT2D eigenvalue weighted by atomic mass is 16.5. The molecule has 1 atom stereocenters. The summed E-state index contributed by atoms with van der Waals surface area (Å²) in [6.45, 7) is 4.19. The third-order valence-corrected chi connectivity index (χ3v) is 5.27. The fourth-order valence-electron chi connectivity index (χ4n) is 3.69. The number of anilines is 4. The van der Waals surface area contributed by atoms with E-state index in [0.717, 1.165) is 28.5 Å². The maximum Gasteiger partial charge on any atom is 0.229 e. The van der Waals surface area contributed by atoms with E-state index in [-0.39, 0.29) is 18.2 Å². The van der Waals surface area contributed by atoms with Crippen LogP contribution in [-0.2, 0) is 9.59 Å². The molecule has 8 heteroatoms. The number of carbonyl (C=O) groups is 2. The molecule has 0 saturated carbocycles. The summed E-state index contributed by atoms with van der Waals surface area (Å²) in [7, 11) is 1.59. The van der Waals surface area contributed by atoms with Crippen LogP contribution in [0.4, 0.5) is 23.0 Å². The van der Waals surface area contributed by atoms with Gasteiger partial charge in [0.05, 0.1) is 13.0 Å². The van der Waals surface area contributed by atoms with E-state index in [1.165, 1.54) is 0 Å². The number of hydrogen-bond donors (Lipinski definition) is 2. The number of aryl methyl sites for hydroxylation is 2. The van der Waals surface area contributed by atoms with Gasteiger partial charge in [-0.1, -0.05) is 0 Å². The summed E-state index contributed by atoms with van der Waals surface area (Å²) in [5, 5.41) is 6.07. The first-order valence-corrected chi connectivity index (χ1v) is 10.4. The van der Waals surface area contributed by atoms with Crippen molar-refractivity contribution in [3.8, 4) is 5.75 Å². The van der Waals surface area contributed by atoms with Crippen molar-refractivity contribution < 1.29 is 14.3 Å². The molecule has 0 radical (unpaired) electrons. The fraction of sp³-hybridized carbons (Fsp3) is 0.250. The number of amides is 2. The lowest BCUT2D eigenvalue weighted by atomic mass is 10.1. The predicted octanol–water partition coefficient (Wildman–Crippen LogP) is 3.84. The Kier molecular flexibility index (Phi) is 6.02. The Labute approximate surface area is 186 Å². The molecule has 1 unspecified atom stereocenters. The van der Waals surface area contributed by atoms with Crippen molar-refractivity contribution in [2.75, 3.05) is 29.2 Å². The van der Waals surface area contributed by atoms with E-state index in [2.05, 4.69) is 20.6 Å². The van der Waals surface area contributed by atoms with E-state index in [0.29, 0.717) is 18.2 Å². The zero-order valence-electron chi connectivity index (χ0n) is 18.3. The highest BCUT2D eigenvalue weighted by Gasteiger charge is 2.35. The highest BCUT2D eigenvalue weighted by molar-refractivity contribution is 6.03. The number of nitrogens with zero attached hydrogens (tertiary/aromatic N) is 3. The van der Waals surface area contributed by atoms with Gasteiger partial charge in [-0.2, -0.15) is 0 Å². The Bertz CT molecular complexity index is 1110. The van der Waals surface area contributed by atoms with Crippen molar-refractivity contribution in [2.45, 2.75) is 20.3 Å². The van der Waals surface area contributed by atoms with Gasteiger partial charge in [-0.3, -0.25) is 9.59 Å². The van der Waals surface area contributed by atoms with Gasteiger partial charge in [0.2, 0.25) is 17.8 Å². The van der Waals surface area contributed by atoms with Gasteiger partial charge in [0.15, 0.2) is 0 Å². The summed E-state index contributed by atoms with van der Waals surface area (Å²) in [5.41, 5.74) is 4.01. The first-order valence-electron chi connectivity index (χ1n) is 10.4. The van der Waals surface area contributed by atoms with Gasteiger partial charge in [-0.05, 0) is 68.4 Å². The highest BCUT2D eigenvalue weighted by Crippen LogP contribution is 2.28. The number of ether oxygens (including phenoxy) is 1. The van der Waals surface area contributed by atoms with Crippen molar-refractivity contribution >= 4 is 34.8 Å². The molecule has 1 fully saturated rings. The lowest BCUT2D eigenvalue weighted by Gasteiger charge is -2.17. The fourth-order valence-corrected chi connectivity index (χ4v) is 3.69. The number of benzene rings is 2. The molecular formula is C24H25N5O3. The zero-order valence-corrected chi connectivity index (χ0v) is 18.3. The zero-order chi connectivity index (χ0) is 22.7. The second-order valence-corrected chi connectivity index (χ2v) is 7.77. The maximum atomic E-state index is 12.7. The number of nitrogens with one attached hydrogen (secondary N) is 2. The molecular weight excluding hydrogens is 406 g/mol. The smallest absolute Gasteiger partial charge is 0.229 e. The van der Waals surface area contributed by atoms with Crippen LogP contribution in [0.3, 0.4) is 0 Å². The quantitative estimate of drug-likeness (QED) is 0.616. The minimum Gasteiger partial charge on any atom is -0.497 e. The van der Waals surface area contributed by atoms with E-state index in [1.807, 2.05) is 44.2 Å². The van der Waals surface area contributed by atoms with Crippen LogP contribution in [0.25, 0.3) is 0 Å².